The van der Waals surface area contributed by atoms with E-state index in [9.17, 15) is 4.79 Å². The average molecular weight is 570 g/mol. The lowest BCUT2D eigenvalue weighted by Gasteiger charge is -2.03. The lowest BCUT2D eigenvalue weighted by molar-refractivity contribution is -0.121. The molecule has 1 amide bonds. The summed E-state index contributed by atoms with van der Waals surface area (Å²) in [4.78, 5) is 12.4. The van der Waals surface area contributed by atoms with Crippen molar-refractivity contribution in [1.82, 2.24) is 25.0 Å². The fraction of sp³-hybridized carbons (Fsp3) is 0.167. The van der Waals surface area contributed by atoms with Crippen molar-refractivity contribution in [2.45, 2.75) is 26.9 Å². The molecule has 1 N–H and O–H groups in total. The molecule has 0 fully saturated rings. The van der Waals surface area contributed by atoms with Crippen LogP contribution in [0.15, 0.2) is 74.8 Å². The Labute approximate surface area is 208 Å². The van der Waals surface area contributed by atoms with Gasteiger partial charge in [0.2, 0.25) is 0 Å². The first-order valence-corrected chi connectivity index (χ1v) is 11.9. The number of nitrogens with one attached hydrogen (secondary N) is 1. The van der Waals surface area contributed by atoms with Gasteiger partial charge in [0.1, 0.15) is 12.2 Å². The first-order valence-electron chi connectivity index (χ1n) is 10.3. The van der Waals surface area contributed by atoms with Crippen molar-refractivity contribution in [2.24, 2.45) is 5.10 Å². The summed E-state index contributed by atoms with van der Waals surface area (Å²) in [5.74, 6) is -0.257. The molecule has 0 aliphatic carbocycles. The summed E-state index contributed by atoms with van der Waals surface area (Å²) in [6.45, 7) is 4.51. The number of hydrogen-bond donors (Lipinski definition) is 1. The second-order valence-corrected chi connectivity index (χ2v) is 9.27. The van der Waals surface area contributed by atoms with Gasteiger partial charge in [0, 0.05) is 21.8 Å². The molecule has 168 valence electrons. The van der Waals surface area contributed by atoms with E-state index in [1.54, 1.807) is 10.9 Å². The number of hydrogen-bond acceptors (Lipinski definition) is 4. The van der Waals surface area contributed by atoms with Crippen molar-refractivity contribution >= 4 is 44.0 Å². The summed E-state index contributed by atoms with van der Waals surface area (Å²) in [6, 6.07) is 18.0. The standard InChI is InChI=1S/C24H22Br2N6O/c1-16-23(26)17(2)32(29-16)15-22(33)28-27-12-20-14-31(13-18-8-10-21(25)11-9-18)30-24(20)19-6-4-3-5-7-19/h3-12,14H,13,15H2,1-2H3,(H,28,33). The molecule has 7 nitrogen and oxygen atoms in total. The summed E-state index contributed by atoms with van der Waals surface area (Å²) in [5.41, 5.74) is 8.05. The number of amides is 1. The fourth-order valence-electron chi connectivity index (χ4n) is 3.38. The van der Waals surface area contributed by atoms with Crippen LogP contribution in [-0.2, 0) is 17.9 Å². The minimum absolute atomic E-state index is 0.0873. The fourth-order valence-corrected chi connectivity index (χ4v) is 3.93. The molecular formula is C24H22Br2N6O. The lowest BCUT2D eigenvalue weighted by atomic mass is 10.1. The van der Waals surface area contributed by atoms with Crippen LogP contribution in [0, 0.1) is 13.8 Å². The molecular weight excluding hydrogens is 548 g/mol. The Morgan fingerprint density at radius 2 is 1.79 bits per heavy atom. The molecule has 0 saturated heterocycles. The Morgan fingerprint density at radius 1 is 1.06 bits per heavy atom. The predicted molar refractivity (Wildman–Crippen MR) is 136 cm³/mol. The van der Waals surface area contributed by atoms with Gasteiger partial charge in [-0.3, -0.25) is 14.2 Å². The van der Waals surface area contributed by atoms with Gasteiger partial charge in [-0.25, -0.2) is 5.43 Å². The van der Waals surface area contributed by atoms with E-state index in [2.05, 4.69) is 59.6 Å². The molecule has 33 heavy (non-hydrogen) atoms. The van der Waals surface area contributed by atoms with Crippen molar-refractivity contribution in [1.29, 1.82) is 0 Å². The average Bonchev–Trinajstić information content (AvgIpc) is 3.31. The molecule has 2 aromatic carbocycles. The van der Waals surface area contributed by atoms with E-state index in [1.807, 2.05) is 67.2 Å². The molecule has 9 heteroatoms. The van der Waals surface area contributed by atoms with Crippen LogP contribution >= 0.6 is 31.9 Å². The molecule has 0 aliphatic rings. The second kappa shape index (κ2) is 10.3. The van der Waals surface area contributed by atoms with Gasteiger partial charge < -0.3 is 0 Å². The molecule has 0 radical (unpaired) electrons. The zero-order valence-corrected chi connectivity index (χ0v) is 21.3. The van der Waals surface area contributed by atoms with Gasteiger partial charge in [0.25, 0.3) is 5.91 Å². The van der Waals surface area contributed by atoms with Crippen molar-refractivity contribution in [3.05, 3.63) is 92.3 Å². The minimum Gasteiger partial charge on any atom is -0.271 e. The van der Waals surface area contributed by atoms with Crippen molar-refractivity contribution in [3.8, 4) is 11.3 Å². The van der Waals surface area contributed by atoms with E-state index in [-0.39, 0.29) is 12.5 Å². The molecule has 2 heterocycles. The van der Waals surface area contributed by atoms with Crippen LogP contribution in [0.4, 0.5) is 0 Å². The second-order valence-electron chi connectivity index (χ2n) is 7.56. The van der Waals surface area contributed by atoms with E-state index in [4.69, 9.17) is 5.10 Å². The Balaban J connectivity index is 1.52. The molecule has 0 bridgehead atoms. The van der Waals surface area contributed by atoms with Crippen LogP contribution in [-0.4, -0.2) is 31.7 Å². The van der Waals surface area contributed by atoms with Gasteiger partial charge in [0.05, 0.1) is 28.6 Å². The molecule has 0 atom stereocenters. The molecule has 2 aromatic heterocycles. The number of benzene rings is 2. The number of aryl methyl sites for hydroxylation is 1. The molecule has 4 aromatic rings. The summed E-state index contributed by atoms with van der Waals surface area (Å²) in [7, 11) is 0. The molecule has 0 spiro atoms. The van der Waals surface area contributed by atoms with E-state index >= 15 is 0 Å². The normalized spacial score (nSPS) is 11.3. The van der Waals surface area contributed by atoms with Crippen LogP contribution in [0.2, 0.25) is 0 Å². The van der Waals surface area contributed by atoms with Crippen molar-refractivity contribution in [2.75, 3.05) is 0 Å². The topological polar surface area (TPSA) is 77.1 Å². The highest BCUT2D eigenvalue weighted by Gasteiger charge is 2.13. The highest BCUT2D eigenvalue weighted by atomic mass is 79.9. The third-order valence-corrected chi connectivity index (χ3v) is 6.75. The maximum atomic E-state index is 12.4. The van der Waals surface area contributed by atoms with E-state index in [1.165, 1.54) is 0 Å². The highest BCUT2D eigenvalue weighted by molar-refractivity contribution is 9.10. The zero-order valence-electron chi connectivity index (χ0n) is 18.2. The van der Waals surface area contributed by atoms with E-state index in [0.29, 0.717) is 6.54 Å². The first kappa shape index (κ1) is 23.1. The maximum Gasteiger partial charge on any atom is 0.261 e. The van der Waals surface area contributed by atoms with Gasteiger partial charge >= 0.3 is 0 Å². The summed E-state index contributed by atoms with van der Waals surface area (Å²) in [6.07, 6.45) is 3.56. The molecule has 4 rings (SSSR count). The number of aromatic nitrogens is 4. The number of carbonyl (C=O) groups excluding carboxylic acids is 1. The Kier molecular flexibility index (Phi) is 7.20. The Hall–Kier alpha value is -3.04. The molecule has 0 aliphatic heterocycles. The Morgan fingerprint density at radius 3 is 2.45 bits per heavy atom. The largest absolute Gasteiger partial charge is 0.271 e. The van der Waals surface area contributed by atoms with E-state index < -0.39 is 0 Å². The van der Waals surface area contributed by atoms with Crippen LogP contribution < -0.4 is 5.43 Å². The Bertz CT molecular complexity index is 1290. The smallest absolute Gasteiger partial charge is 0.261 e. The highest BCUT2D eigenvalue weighted by Crippen LogP contribution is 2.22. The summed E-state index contributed by atoms with van der Waals surface area (Å²) in [5, 5.41) is 13.3. The molecule has 0 saturated carbocycles. The zero-order chi connectivity index (χ0) is 23.4. The summed E-state index contributed by atoms with van der Waals surface area (Å²) < 4.78 is 5.47. The monoisotopic (exact) mass is 568 g/mol. The number of rotatable bonds is 7. The summed E-state index contributed by atoms with van der Waals surface area (Å²) >= 11 is 6.94. The van der Waals surface area contributed by atoms with E-state index in [0.717, 1.165) is 42.7 Å². The van der Waals surface area contributed by atoms with Gasteiger partial charge in [-0.1, -0.05) is 58.4 Å². The number of carbonyl (C=O) groups is 1. The van der Waals surface area contributed by atoms with Crippen LogP contribution in [0.3, 0.4) is 0 Å². The van der Waals surface area contributed by atoms with Crippen LogP contribution in [0.5, 0.6) is 0 Å². The number of halogens is 2. The van der Waals surface area contributed by atoms with Crippen LogP contribution in [0.1, 0.15) is 22.5 Å². The predicted octanol–water partition coefficient (Wildman–Crippen LogP) is 5.09. The van der Waals surface area contributed by atoms with Gasteiger partial charge in [-0.05, 0) is 47.5 Å². The van der Waals surface area contributed by atoms with Gasteiger partial charge in [-0.15, -0.1) is 0 Å². The third kappa shape index (κ3) is 5.66. The first-order chi connectivity index (χ1) is 15.9. The van der Waals surface area contributed by atoms with Gasteiger partial charge in [-0.2, -0.15) is 15.3 Å². The van der Waals surface area contributed by atoms with Crippen molar-refractivity contribution < 1.29 is 4.79 Å². The maximum absolute atomic E-state index is 12.4. The minimum atomic E-state index is -0.257. The number of nitrogens with zero attached hydrogens (tertiary/aromatic N) is 5. The van der Waals surface area contributed by atoms with Crippen LogP contribution in [0.25, 0.3) is 11.3 Å². The van der Waals surface area contributed by atoms with Gasteiger partial charge in [0.15, 0.2) is 0 Å². The number of hydrazone groups is 1. The lowest BCUT2D eigenvalue weighted by Crippen LogP contribution is -2.24. The quantitative estimate of drug-likeness (QED) is 0.249. The molecule has 0 unspecified atom stereocenters. The SMILES string of the molecule is Cc1nn(CC(=O)NN=Cc2cn(Cc3ccc(Br)cc3)nc2-c2ccccc2)c(C)c1Br. The third-order valence-electron chi connectivity index (χ3n) is 5.07. The van der Waals surface area contributed by atoms with Crippen molar-refractivity contribution in [3.63, 3.8) is 0 Å².